The number of carbonyl (C=O) groups excluding carboxylic acids is 2. The van der Waals surface area contributed by atoms with E-state index in [4.69, 9.17) is 4.74 Å². The molecule has 6 nitrogen and oxygen atoms in total. The van der Waals surface area contributed by atoms with Crippen molar-refractivity contribution in [2.45, 2.75) is 20.8 Å². The number of amides is 1. The van der Waals surface area contributed by atoms with Crippen molar-refractivity contribution in [1.29, 1.82) is 0 Å². The van der Waals surface area contributed by atoms with Crippen LogP contribution >= 0.6 is 15.9 Å². The molecule has 0 saturated carbocycles. The summed E-state index contributed by atoms with van der Waals surface area (Å²) in [6.45, 7) is 6.30. The SMILES string of the molecule is CCN(CC(C)C(=O)OC)C(=O)c1cnn(-c2cccc(Br)c2)c1C. The van der Waals surface area contributed by atoms with Gasteiger partial charge < -0.3 is 9.64 Å². The summed E-state index contributed by atoms with van der Waals surface area (Å²) in [4.78, 5) is 26.1. The van der Waals surface area contributed by atoms with Gasteiger partial charge in [-0.15, -0.1) is 0 Å². The van der Waals surface area contributed by atoms with Gasteiger partial charge in [-0.1, -0.05) is 28.9 Å². The summed E-state index contributed by atoms with van der Waals surface area (Å²) in [6, 6.07) is 7.71. The van der Waals surface area contributed by atoms with E-state index in [-0.39, 0.29) is 17.8 Å². The lowest BCUT2D eigenvalue weighted by atomic mass is 10.1. The smallest absolute Gasteiger partial charge is 0.310 e. The van der Waals surface area contributed by atoms with Crippen molar-refractivity contribution in [3.8, 4) is 5.69 Å². The van der Waals surface area contributed by atoms with Gasteiger partial charge in [0.15, 0.2) is 0 Å². The van der Waals surface area contributed by atoms with E-state index in [0.717, 1.165) is 15.9 Å². The van der Waals surface area contributed by atoms with Crippen molar-refractivity contribution in [3.05, 3.63) is 46.2 Å². The van der Waals surface area contributed by atoms with Gasteiger partial charge in [-0.2, -0.15) is 5.10 Å². The van der Waals surface area contributed by atoms with E-state index in [1.165, 1.54) is 7.11 Å². The fourth-order valence-electron chi connectivity index (χ4n) is 2.62. The van der Waals surface area contributed by atoms with E-state index in [1.54, 1.807) is 22.7 Å². The molecule has 0 radical (unpaired) electrons. The molecule has 1 atom stereocenters. The van der Waals surface area contributed by atoms with Crippen molar-refractivity contribution in [1.82, 2.24) is 14.7 Å². The molecule has 1 amide bonds. The van der Waals surface area contributed by atoms with Crippen LogP contribution in [0, 0.1) is 12.8 Å². The third kappa shape index (κ3) is 4.28. The van der Waals surface area contributed by atoms with Gasteiger partial charge in [0.25, 0.3) is 5.91 Å². The van der Waals surface area contributed by atoms with E-state index in [1.807, 2.05) is 38.1 Å². The molecule has 0 aliphatic rings. The molecule has 1 aromatic carbocycles. The lowest BCUT2D eigenvalue weighted by Gasteiger charge is -2.23. The van der Waals surface area contributed by atoms with Crippen molar-refractivity contribution in [2.24, 2.45) is 5.92 Å². The highest BCUT2D eigenvalue weighted by molar-refractivity contribution is 9.10. The van der Waals surface area contributed by atoms with Crippen LogP contribution in [0.5, 0.6) is 0 Å². The van der Waals surface area contributed by atoms with Gasteiger partial charge in [-0.05, 0) is 32.0 Å². The molecule has 0 N–H and O–H groups in total. The maximum Gasteiger partial charge on any atom is 0.310 e. The minimum atomic E-state index is -0.380. The Kier molecular flexibility index (Phi) is 6.36. The summed E-state index contributed by atoms with van der Waals surface area (Å²) in [6.07, 6.45) is 1.57. The quantitative estimate of drug-likeness (QED) is 0.689. The van der Waals surface area contributed by atoms with Crippen LogP contribution in [0.1, 0.15) is 29.9 Å². The summed E-state index contributed by atoms with van der Waals surface area (Å²) in [5.74, 6) is -0.848. The Hall–Kier alpha value is -2.15. The Balaban J connectivity index is 2.26. The number of halogens is 1. The third-order valence-corrected chi connectivity index (χ3v) is 4.55. The van der Waals surface area contributed by atoms with Crippen LogP contribution in [0.15, 0.2) is 34.9 Å². The zero-order valence-corrected chi connectivity index (χ0v) is 16.4. The highest BCUT2D eigenvalue weighted by Gasteiger charge is 2.24. The number of esters is 1. The molecule has 7 heteroatoms. The predicted molar refractivity (Wildman–Crippen MR) is 98.8 cm³/mol. The number of ether oxygens (including phenoxy) is 1. The summed E-state index contributed by atoms with van der Waals surface area (Å²) in [5, 5.41) is 4.35. The molecule has 25 heavy (non-hydrogen) atoms. The van der Waals surface area contributed by atoms with E-state index >= 15 is 0 Å². The van der Waals surface area contributed by atoms with E-state index in [0.29, 0.717) is 18.7 Å². The van der Waals surface area contributed by atoms with Crippen LogP contribution in [0.2, 0.25) is 0 Å². The van der Waals surface area contributed by atoms with Crippen molar-refractivity contribution >= 4 is 27.8 Å². The molecular weight excluding hydrogens is 386 g/mol. The normalized spacial score (nSPS) is 11.9. The molecule has 2 rings (SSSR count). The lowest BCUT2D eigenvalue weighted by molar-refractivity contribution is -0.145. The number of nitrogens with zero attached hydrogens (tertiary/aromatic N) is 3. The number of aromatic nitrogens is 2. The molecule has 0 bridgehead atoms. The minimum absolute atomic E-state index is 0.142. The van der Waals surface area contributed by atoms with Gasteiger partial charge in [0.2, 0.25) is 0 Å². The van der Waals surface area contributed by atoms with Crippen LogP contribution in [0.25, 0.3) is 5.69 Å². The Bertz CT molecular complexity index is 773. The minimum Gasteiger partial charge on any atom is -0.469 e. The van der Waals surface area contributed by atoms with E-state index in [9.17, 15) is 9.59 Å². The average Bonchev–Trinajstić information content (AvgIpc) is 2.99. The fraction of sp³-hybridized carbons (Fsp3) is 0.389. The maximum absolute atomic E-state index is 12.9. The Labute approximate surface area is 155 Å². The molecule has 134 valence electrons. The Morgan fingerprint density at radius 3 is 2.72 bits per heavy atom. The highest BCUT2D eigenvalue weighted by atomic mass is 79.9. The summed E-state index contributed by atoms with van der Waals surface area (Å²) in [5.41, 5.74) is 2.16. The second kappa shape index (κ2) is 8.29. The van der Waals surface area contributed by atoms with Gasteiger partial charge >= 0.3 is 5.97 Å². The van der Waals surface area contributed by atoms with Crippen molar-refractivity contribution in [3.63, 3.8) is 0 Å². The first-order valence-electron chi connectivity index (χ1n) is 8.06. The number of rotatable bonds is 6. The summed E-state index contributed by atoms with van der Waals surface area (Å²) < 4.78 is 7.41. The number of hydrogen-bond acceptors (Lipinski definition) is 4. The standard InChI is InChI=1S/C18H22BrN3O3/c1-5-21(11-12(2)18(24)25-4)17(23)16-10-20-22(13(16)3)15-8-6-7-14(19)9-15/h6-10,12H,5,11H2,1-4H3. The maximum atomic E-state index is 12.9. The van der Waals surface area contributed by atoms with Crippen LogP contribution < -0.4 is 0 Å². The lowest BCUT2D eigenvalue weighted by Crippen LogP contribution is -2.37. The van der Waals surface area contributed by atoms with Crippen LogP contribution in [-0.2, 0) is 9.53 Å². The molecular formula is C18H22BrN3O3. The summed E-state index contributed by atoms with van der Waals surface area (Å²) >= 11 is 3.44. The third-order valence-electron chi connectivity index (χ3n) is 4.06. The van der Waals surface area contributed by atoms with Crippen molar-refractivity contribution in [2.75, 3.05) is 20.2 Å². The van der Waals surface area contributed by atoms with E-state index in [2.05, 4.69) is 21.0 Å². The van der Waals surface area contributed by atoms with Gasteiger partial charge in [-0.25, -0.2) is 4.68 Å². The molecule has 0 spiro atoms. The topological polar surface area (TPSA) is 64.4 Å². The fourth-order valence-corrected chi connectivity index (χ4v) is 3.01. The van der Waals surface area contributed by atoms with Crippen molar-refractivity contribution < 1.29 is 14.3 Å². The van der Waals surface area contributed by atoms with Gasteiger partial charge in [0.05, 0.1) is 36.2 Å². The van der Waals surface area contributed by atoms with Crippen LogP contribution in [0.4, 0.5) is 0 Å². The Morgan fingerprint density at radius 1 is 1.40 bits per heavy atom. The van der Waals surface area contributed by atoms with Gasteiger partial charge in [0, 0.05) is 17.6 Å². The zero-order chi connectivity index (χ0) is 18.6. The monoisotopic (exact) mass is 407 g/mol. The second-order valence-electron chi connectivity index (χ2n) is 5.80. The molecule has 0 aliphatic heterocycles. The van der Waals surface area contributed by atoms with Crippen LogP contribution in [0.3, 0.4) is 0 Å². The number of benzene rings is 1. The Morgan fingerprint density at radius 2 is 2.12 bits per heavy atom. The summed E-state index contributed by atoms with van der Waals surface area (Å²) in [7, 11) is 1.35. The molecule has 0 aliphatic carbocycles. The number of methoxy groups -OCH3 is 1. The largest absolute Gasteiger partial charge is 0.469 e. The first-order valence-corrected chi connectivity index (χ1v) is 8.86. The van der Waals surface area contributed by atoms with Gasteiger partial charge in [-0.3, -0.25) is 9.59 Å². The first-order chi connectivity index (χ1) is 11.9. The molecule has 1 heterocycles. The molecule has 0 fully saturated rings. The van der Waals surface area contributed by atoms with Crippen LogP contribution in [-0.4, -0.2) is 46.8 Å². The van der Waals surface area contributed by atoms with E-state index < -0.39 is 0 Å². The molecule has 1 aromatic heterocycles. The molecule has 1 unspecified atom stereocenters. The second-order valence-corrected chi connectivity index (χ2v) is 6.72. The zero-order valence-electron chi connectivity index (χ0n) is 14.8. The molecule has 2 aromatic rings. The number of hydrogen-bond donors (Lipinski definition) is 0. The predicted octanol–water partition coefficient (Wildman–Crippen LogP) is 3.21. The number of carbonyl (C=O) groups is 2. The molecule has 0 saturated heterocycles. The average molecular weight is 408 g/mol. The highest BCUT2D eigenvalue weighted by Crippen LogP contribution is 2.19. The van der Waals surface area contributed by atoms with Gasteiger partial charge in [0.1, 0.15) is 0 Å². The first kappa shape index (κ1) is 19.2.